The number of rotatable bonds is 7. The van der Waals surface area contributed by atoms with E-state index in [2.05, 4.69) is 10.2 Å². The number of benzene rings is 1. The molecule has 5 heteroatoms. The van der Waals surface area contributed by atoms with E-state index in [9.17, 15) is 4.39 Å². The van der Waals surface area contributed by atoms with Crippen LogP contribution in [0.15, 0.2) is 18.2 Å². The molecule has 0 heterocycles. The van der Waals surface area contributed by atoms with Gasteiger partial charge in [0, 0.05) is 26.7 Å². The molecular weight excluding hydrogens is 221 g/mol. The Hall–Kier alpha value is -1.33. The fraction of sp³-hybridized carbons (Fsp3) is 0.500. The van der Waals surface area contributed by atoms with Crippen LogP contribution in [0, 0.1) is 5.82 Å². The first-order valence-corrected chi connectivity index (χ1v) is 5.60. The summed E-state index contributed by atoms with van der Waals surface area (Å²) in [6.45, 7) is 3.24. The number of nitrogens with one attached hydrogen (secondary N) is 1. The Bertz CT molecular complexity index is 347. The van der Waals surface area contributed by atoms with Gasteiger partial charge in [-0.05, 0) is 25.2 Å². The molecule has 1 rings (SSSR count). The van der Waals surface area contributed by atoms with E-state index in [1.807, 2.05) is 7.05 Å². The lowest BCUT2D eigenvalue weighted by Gasteiger charge is -2.17. The van der Waals surface area contributed by atoms with Crippen molar-refractivity contribution in [2.75, 3.05) is 51.4 Å². The topological polar surface area (TPSA) is 50.5 Å². The van der Waals surface area contributed by atoms with Crippen LogP contribution < -0.4 is 11.1 Å². The zero-order valence-corrected chi connectivity index (χ0v) is 10.4. The van der Waals surface area contributed by atoms with Crippen molar-refractivity contribution in [3.63, 3.8) is 0 Å². The highest BCUT2D eigenvalue weighted by molar-refractivity contribution is 5.65. The van der Waals surface area contributed by atoms with Gasteiger partial charge in [-0.3, -0.25) is 0 Å². The second-order valence-corrected chi connectivity index (χ2v) is 3.95. The van der Waals surface area contributed by atoms with Crippen LogP contribution in [0.1, 0.15) is 0 Å². The van der Waals surface area contributed by atoms with Crippen molar-refractivity contribution in [2.24, 2.45) is 0 Å². The van der Waals surface area contributed by atoms with Crippen LogP contribution in [0.4, 0.5) is 15.8 Å². The summed E-state index contributed by atoms with van der Waals surface area (Å²) in [4.78, 5) is 2.15. The highest BCUT2D eigenvalue weighted by atomic mass is 19.1. The van der Waals surface area contributed by atoms with Gasteiger partial charge >= 0.3 is 0 Å². The molecule has 0 aliphatic carbocycles. The van der Waals surface area contributed by atoms with Crippen molar-refractivity contribution >= 4 is 11.4 Å². The minimum Gasteiger partial charge on any atom is -0.397 e. The molecule has 0 spiro atoms. The smallest absolute Gasteiger partial charge is 0.125 e. The predicted molar refractivity (Wildman–Crippen MR) is 68.7 cm³/mol. The Kier molecular flexibility index (Phi) is 5.72. The van der Waals surface area contributed by atoms with E-state index < -0.39 is 0 Å². The fourth-order valence-corrected chi connectivity index (χ4v) is 1.43. The zero-order valence-electron chi connectivity index (χ0n) is 10.4. The van der Waals surface area contributed by atoms with Crippen LogP contribution >= 0.6 is 0 Å². The number of ether oxygens (including phenoxy) is 1. The van der Waals surface area contributed by atoms with Crippen molar-refractivity contribution < 1.29 is 9.13 Å². The van der Waals surface area contributed by atoms with Gasteiger partial charge in [0.25, 0.3) is 0 Å². The maximum Gasteiger partial charge on any atom is 0.125 e. The van der Waals surface area contributed by atoms with E-state index in [1.54, 1.807) is 13.2 Å². The Morgan fingerprint density at radius 3 is 2.82 bits per heavy atom. The summed E-state index contributed by atoms with van der Waals surface area (Å²) >= 11 is 0. The van der Waals surface area contributed by atoms with Crippen molar-refractivity contribution in [3.8, 4) is 0 Å². The van der Waals surface area contributed by atoms with Crippen LogP contribution in [-0.2, 0) is 4.74 Å². The molecule has 0 saturated carbocycles. The average molecular weight is 241 g/mol. The molecule has 0 fully saturated rings. The maximum atomic E-state index is 12.8. The fourth-order valence-electron chi connectivity index (χ4n) is 1.43. The molecule has 4 nitrogen and oxygen atoms in total. The normalized spacial score (nSPS) is 10.8. The average Bonchev–Trinajstić information content (AvgIpc) is 2.29. The van der Waals surface area contributed by atoms with Gasteiger partial charge in [-0.15, -0.1) is 0 Å². The Balaban J connectivity index is 2.30. The highest BCUT2D eigenvalue weighted by Crippen LogP contribution is 2.18. The largest absolute Gasteiger partial charge is 0.397 e. The van der Waals surface area contributed by atoms with Crippen molar-refractivity contribution in [3.05, 3.63) is 24.0 Å². The molecule has 0 saturated heterocycles. The van der Waals surface area contributed by atoms with Gasteiger partial charge in [-0.1, -0.05) is 0 Å². The quantitative estimate of drug-likeness (QED) is 0.708. The molecule has 1 aromatic carbocycles. The van der Waals surface area contributed by atoms with E-state index in [0.717, 1.165) is 31.9 Å². The number of nitrogens with zero attached hydrogens (tertiary/aromatic N) is 1. The molecule has 96 valence electrons. The standard InChI is InChI=1S/C12H20FN3O/c1-16(7-8-17-2)6-5-15-12-4-3-10(13)9-11(12)14/h3-4,9,15H,5-8,14H2,1-2H3. The highest BCUT2D eigenvalue weighted by Gasteiger charge is 2.01. The zero-order chi connectivity index (χ0) is 12.7. The third-order valence-electron chi connectivity index (χ3n) is 2.50. The molecule has 0 aliphatic heterocycles. The molecule has 0 aliphatic rings. The first-order valence-electron chi connectivity index (χ1n) is 5.60. The van der Waals surface area contributed by atoms with E-state index >= 15 is 0 Å². The number of methoxy groups -OCH3 is 1. The number of likely N-dealkylation sites (N-methyl/N-ethyl adjacent to an activating group) is 1. The van der Waals surface area contributed by atoms with Crippen LogP contribution in [-0.4, -0.2) is 45.3 Å². The number of hydrogen-bond donors (Lipinski definition) is 2. The van der Waals surface area contributed by atoms with Crippen molar-refractivity contribution in [1.82, 2.24) is 4.90 Å². The maximum absolute atomic E-state index is 12.8. The van der Waals surface area contributed by atoms with Crippen molar-refractivity contribution in [1.29, 1.82) is 0 Å². The summed E-state index contributed by atoms with van der Waals surface area (Å²) in [5.74, 6) is -0.315. The third kappa shape index (κ3) is 5.01. The number of halogens is 1. The lowest BCUT2D eigenvalue weighted by atomic mass is 10.2. The molecule has 0 bridgehead atoms. The summed E-state index contributed by atoms with van der Waals surface area (Å²) in [5.41, 5.74) is 6.89. The summed E-state index contributed by atoms with van der Waals surface area (Å²) in [6, 6.07) is 4.37. The molecule has 0 amide bonds. The van der Waals surface area contributed by atoms with E-state index in [1.165, 1.54) is 12.1 Å². The molecule has 3 N–H and O–H groups in total. The summed E-state index contributed by atoms with van der Waals surface area (Å²) in [7, 11) is 3.71. The Labute approximate surface area is 102 Å². The molecule has 1 aromatic rings. The van der Waals surface area contributed by atoms with Crippen LogP contribution in [0.5, 0.6) is 0 Å². The van der Waals surface area contributed by atoms with E-state index in [4.69, 9.17) is 10.5 Å². The predicted octanol–water partition coefficient (Wildman–Crippen LogP) is 1.40. The molecule has 0 unspecified atom stereocenters. The molecule has 0 aromatic heterocycles. The van der Waals surface area contributed by atoms with Gasteiger partial charge in [-0.25, -0.2) is 4.39 Å². The van der Waals surface area contributed by atoms with Crippen LogP contribution in [0.2, 0.25) is 0 Å². The second-order valence-electron chi connectivity index (χ2n) is 3.95. The monoisotopic (exact) mass is 241 g/mol. The minimum absolute atomic E-state index is 0.315. The minimum atomic E-state index is -0.315. The lowest BCUT2D eigenvalue weighted by Crippen LogP contribution is -2.28. The molecule has 0 atom stereocenters. The van der Waals surface area contributed by atoms with Crippen molar-refractivity contribution in [2.45, 2.75) is 0 Å². The molecule has 0 radical (unpaired) electrons. The van der Waals surface area contributed by atoms with Gasteiger partial charge in [0.1, 0.15) is 5.82 Å². The SMILES string of the molecule is COCCN(C)CCNc1ccc(F)cc1N. The first kappa shape index (κ1) is 13.7. The summed E-state index contributed by atoms with van der Waals surface area (Å²) in [5, 5.41) is 3.17. The van der Waals surface area contributed by atoms with Crippen LogP contribution in [0.25, 0.3) is 0 Å². The number of nitrogens with two attached hydrogens (primary N) is 1. The van der Waals surface area contributed by atoms with Gasteiger partial charge < -0.3 is 20.7 Å². The van der Waals surface area contributed by atoms with Gasteiger partial charge in [0.2, 0.25) is 0 Å². The van der Waals surface area contributed by atoms with Gasteiger partial charge in [0.05, 0.1) is 18.0 Å². The summed E-state index contributed by atoms with van der Waals surface area (Å²) in [6.07, 6.45) is 0. The Morgan fingerprint density at radius 1 is 1.41 bits per heavy atom. The lowest BCUT2D eigenvalue weighted by molar-refractivity contribution is 0.163. The number of nitrogen functional groups attached to an aromatic ring is 1. The molecule has 17 heavy (non-hydrogen) atoms. The first-order chi connectivity index (χ1) is 8.13. The van der Waals surface area contributed by atoms with E-state index in [-0.39, 0.29) is 5.82 Å². The number of anilines is 2. The van der Waals surface area contributed by atoms with Gasteiger partial charge in [-0.2, -0.15) is 0 Å². The summed E-state index contributed by atoms with van der Waals surface area (Å²) < 4.78 is 17.8. The Morgan fingerprint density at radius 2 is 2.18 bits per heavy atom. The number of hydrogen-bond acceptors (Lipinski definition) is 4. The molecular formula is C12H20FN3O. The third-order valence-corrected chi connectivity index (χ3v) is 2.50. The second kappa shape index (κ2) is 7.09. The van der Waals surface area contributed by atoms with Crippen LogP contribution in [0.3, 0.4) is 0 Å². The van der Waals surface area contributed by atoms with E-state index in [0.29, 0.717) is 5.69 Å². The van der Waals surface area contributed by atoms with Gasteiger partial charge in [0.15, 0.2) is 0 Å².